The Morgan fingerprint density at radius 3 is 1.48 bits per heavy atom. The second-order valence-corrected chi connectivity index (χ2v) is 12.6. The predicted octanol–water partition coefficient (Wildman–Crippen LogP) is 12.4. The summed E-state index contributed by atoms with van der Waals surface area (Å²) >= 11 is 0. The van der Waals surface area contributed by atoms with Crippen LogP contribution in [0.2, 0.25) is 0 Å². The molecule has 0 aliphatic carbocycles. The maximum absolute atomic E-state index is 5.40. The van der Waals surface area contributed by atoms with Crippen LogP contribution in [0.25, 0.3) is 98.4 Å². The standard InChI is InChI=1S/C46H28N2/c1-3-10-33-26-35(21-17-29(33)8-1)37-13-5-15-39-41(37)28-42-38(36-22-18-30-9-2-4-11-34(30)27-36)14-6-16-40(42)44(39)43-24-23-32-20-19-31-12-7-25-47-45(31)46(32)48-43/h1-28H. The summed E-state index contributed by atoms with van der Waals surface area (Å²) in [4.78, 5) is 10.2. The summed E-state index contributed by atoms with van der Waals surface area (Å²) in [7, 11) is 0. The molecule has 0 spiro atoms. The number of hydrogen-bond acceptors (Lipinski definition) is 2. The van der Waals surface area contributed by atoms with Crippen LogP contribution in [0.5, 0.6) is 0 Å². The van der Waals surface area contributed by atoms with Crippen LogP contribution in [0, 0.1) is 0 Å². The second-order valence-electron chi connectivity index (χ2n) is 12.6. The molecule has 0 aliphatic heterocycles. The molecule has 0 unspecified atom stereocenters. The van der Waals surface area contributed by atoms with Crippen molar-refractivity contribution in [2.24, 2.45) is 0 Å². The number of fused-ring (bicyclic) bond motifs is 7. The third-order valence-corrected chi connectivity index (χ3v) is 9.85. The Kier molecular flexibility index (Phi) is 5.91. The average Bonchev–Trinajstić information content (AvgIpc) is 3.16. The molecule has 222 valence electrons. The highest BCUT2D eigenvalue weighted by atomic mass is 14.8. The smallest absolute Gasteiger partial charge is 0.0972 e. The van der Waals surface area contributed by atoms with Crippen LogP contribution in [-0.2, 0) is 0 Å². The highest BCUT2D eigenvalue weighted by Gasteiger charge is 2.18. The van der Waals surface area contributed by atoms with E-state index in [1.165, 1.54) is 65.3 Å². The monoisotopic (exact) mass is 608 g/mol. The molecule has 10 aromatic rings. The van der Waals surface area contributed by atoms with E-state index in [1.54, 1.807) is 0 Å². The van der Waals surface area contributed by atoms with Gasteiger partial charge in [0.1, 0.15) is 0 Å². The Hall–Kier alpha value is -6.38. The third kappa shape index (κ3) is 4.20. The molecular weight excluding hydrogens is 581 g/mol. The molecule has 2 heteroatoms. The normalized spacial score (nSPS) is 11.8. The molecule has 10 rings (SSSR count). The van der Waals surface area contributed by atoms with Gasteiger partial charge < -0.3 is 0 Å². The number of benzene rings is 8. The van der Waals surface area contributed by atoms with Gasteiger partial charge in [0.15, 0.2) is 0 Å². The van der Waals surface area contributed by atoms with E-state index in [4.69, 9.17) is 9.97 Å². The minimum Gasteiger partial charge on any atom is -0.254 e. The largest absolute Gasteiger partial charge is 0.254 e. The summed E-state index contributed by atoms with van der Waals surface area (Å²) in [6, 6.07) is 59.3. The van der Waals surface area contributed by atoms with E-state index < -0.39 is 0 Å². The minimum atomic E-state index is 0.923. The van der Waals surface area contributed by atoms with E-state index in [9.17, 15) is 0 Å². The lowest BCUT2D eigenvalue weighted by Crippen LogP contribution is -1.93. The first-order chi connectivity index (χ1) is 23.8. The zero-order chi connectivity index (χ0) is 31.6. The summed E-state index contributed by atoms with van der Waals surface area (Å²) in [6.07, 6.45) is 1.86. The van der Waals surface area contributed by atoms with E-state index in [1.807, 2.05) is 12.3 Å². The van der Waals surface area contributed by atoms with E-state index in [0.717, 1.165) is 33.1 Å². The van der Waals surface area contributed by atoms with Crippen molar-refractivity contribution in [3.05, 3.63) is 170 Å². The number of hydrogen-bond donors (Lipinski definition) is 0. The Balaban J connectivity index is 1.32. The van der Waals surface area contributed by atoms with Crippen LogP contribution in [-0.4, -0.2) is 9.97 Å². The van der Waals surface area contributed by atoms with Crippen LogP contribution in [0.4, 0.5) is 0 Å². The number of pyridine rings is 2. The quantitative estimate of drug-likeness (QED) is 0.147. The topological polar surface area (TPSA) is 25.8 Å². The molecule has 0 radical (unpaired) electrons. The van der Waals surface area contributed by atoms with Gasteiger partial charge in [-0.25, -0.2) is 4.98 Å². The predicted molar refractivity (Wildman–Crippen MR) is 203 cm³/mol. The van der Waals surface area contributed by atoms with Gasteiger partial charge in [0.05, 0.1) is 16.7 Å². The summed E-state index contributed by atoms with van der Waals surface area (Å²) in [5.41, 5.74) is 8.77. The molecule has 2 nitrogen and oxygen atoms in total. The molecule has 0 bridgehead atoms. The van der Waals surface area contributed by atoms with Crippen molar-refractivity contribution in [1.29, 1.82) is 0 Å². The van der Waals surface area contributed by atoms with Gasteiger partial charge >= 0.3 is 0 Å². The Labute approximate surface area is 277 Å². The highest BCUT2D eigenvalue weighted by Crippen LogP contribution is 2.43. The molecule has 8 aromatic carbocycles. The van der Waals surface area contributed by atoms with E-state index >= 15 is 0 Å². The van der Waals surface area contributed by atoms with E-state index in [2.05, 4.69) is 158 Å². The van der Waals surface area contributed by atoms with Gasteiger partial charge in [-0.05, 0) is 95.7 Å². The van der Waals surface area contributed by atoms with Crippen LogP contribution in [0.3, 0.4) is 0 Å². The van der Waals surface area contributed by atoms with Crippen LogP contribution in [0.1, 0.15) is 0 Å². The Morgan fingerprint density at radius 1 is 0.333 bits per heavy atom. The molecule has 48 heavy (non-hydrogen) atoms. The lowest BCUT2D eigenvalue weighted by molar-refractivity contribution is 1.38. The summed E-state index contributed by atoms with van der Waals surface area (Å²) < 4.78 is 0. The maximum Gasteiger partial charge on any atom is 0.0972 e. The molecule has 0 saturated heterocycles. The van der Waals surface area contributed by atoms with E-state index in [-0.39, 0.29) is 0 Å². The van der Waals surface area contributed by atoms with Gasteiger partial charge in [0.2, 0.25) is 0 Å². The van der Waals surface area contributed by atoms with Gasteiger partial charge in [-0.2, -0.15) is 0 Å². The summed E-state index contributed by atoms with van der Waals surface area (Å²) in [5, 5.41) is 11.9. The second kappa shape index (κ2) is 10.6. The first-order valence-electron chi connectivity index (χ1n) is 16.4. The molecule has 2 heterocycles. The number of aromatic nitrogens is 2. The molecule has 0 saturated carbocycles. The van der Waals surface area contributed by atoms with Crippen molar-refractivity contribution in [2.45, 2.75) is 0 Å². The van der Waals surface area contributed by atoms with Gasteiger partial charge in [-0.15, -0.1) is 0 Å². The van der Waals surface area contributed by atoms with Crippen molar-refractivity contribution in [2.75, 3.05) is 0 Å². The zero-order valence-corrected chi connectivity index (χ0v) is 26.1. The van der Waals surface area contributed by atoms with Crippen molar-refractivity contribution in [1.82, 2.24) is 9.97 Å². The third-order valence-electron chi connectivity index (χ3n) is 9.85. The van der Waals surface area contributed by atoms with Gasteiger partial charge in [0, 0.05) is 22.5 Å². The zero-order valence-electron chi connectivity index (χ0n) is 26.1. The van der Waals surface area contributed by atoms with Crippen molar-refractivity contribution in [3.8, 4) is 33.5 Å². The first kappa shape index (κ1) is 26.8. The fourth-order valence-electron chi connectivity index (χ4n) is 7.52. The van der Waals surface area contributed by atoms with Crippen LogP contribution in [0.15, 0.2) is 170 Å². The SMILES string of the molecule is c1ccc2cc(-c3cccc4c(-c5ccc6ccc7cccnc7c6n5)c5cccc(-c6ccc7ccccc7c6)c5cc34)ccc2c1. The van der Waals surface area contributed by atoms with Gasteiger partial charge in [0.25, 0.3) is 0 Å². The Morgan fingerprint density at radius 2 is 0.854 bits per heavy atom. The van der Waals surface area contributed by atoms with Crippen LogP contribution < -0.4 is 0 Å². The number of nitrogens with zero attached hydrogens (tertiary/aromatic N) is 2. The van der Waals surface area contributed by atoms with Crippen molar-refractivity contribution in [3.63, 3.8) is 0 Å². The summed E-state index contributed by atoms with van der Waals surface area (Å²) in [6.45, 7) is 0. The van der Waals surface area contributed by atoms with E-state index in [0.29, 0.717) is 0 Å². The summed E-state index contributed by atoms with van der Waals surface area (Å²) in [5.74, 6) is 0. The fourth-order valence-corrected chi connectivity index (χ4v) is 7.52. The first-order valence-corrected chi connectivity index (χ1v) is 16.4. The van der Waals surface area contributed by atoms with Crippen molar-refractivity contribution >= 4 is 64.9 Å². The maximum atomic E-state index is 5.40. The van der Waals surface area contributed by atoms with Gasteiger partial charge in [-0.3, -0.25) is 4.98 Å². The van der Waals surface area contributed by atoms with Crippen molar-refractivity contribution < 1.29 is 0 Å². The highest BCUT2D eigenvalue weighted by molar-refractivity contribution is 6.19. The van der Waals surface area contributed by atoms with Gasteiger partial charge in [-0.1, -0.05) is 133 Å². The fraction of sp³-hybridized carbons (Fsp3) is 0. The molecule has 0 fully saturated rings. The minimum absolute atomic E-state index is 0.923. The molecule has 0 N–H and O–H groups in total. The number of rotatable bonds is 3. The molecule has 0 atom stereocenters. The van der Waals surface area contributed by atoms with Crippen LogP contribution >= 0.6 is 0 Å². The molecule has 0 aliphatic rings. The lowest BCUT2D eigenvalue weighted by Gasteiger charge is -2.18. The Bertz CT molecular complexity index is 2770. The molecule has 2 aromatic heterocycles. The average molecular weight is 609 g/mol. The lowest BCUT2D eigenvalue weighted by atomic mass is 9.87. The molecule has 0 amide bonds. The molecular formula is C46H28N2.